The lowest BCUT2D eigenvalue weighted by molar-refractivity contribution is -0.139. The molecule has 0 unspecified atom stereocenters. The number of hydrogen-bond acceptors (Lipinski definition) is 2. The molecule has 2 aliphatic rings. The molecule has 2 fully saturated rings. The van der Waals surface area contributed by atoms with Crippen molar-refractivity contribution in [2.45, 2.75) is 51.2 Å². The quantitative estimate of drug-likeness (QED) is 0.779. The molecule has 158 valence electrons. The molecule has 0 aromatic heterocycles. The van der Waals surface area contributed by atoms with Crippen LogP contribution in [-0.2, 0) is 23.2 Å². The van der Waals surface area contributed by atoms with Crippen LogP contribution in [0.4, 0.5) is 4.79 Å². The molecule has 3 amide bonds. The Morgan fingerprint density at radius 3 is 2.20 bits per heavy atom. The highest BCUT2D eigenvalue weighted by molar-refractivity contribution is 5.90. The van der Waals surface area contributed by atoms with Crippen LogP contribution in [0.5, 0.6) is 0 Å². The number of carbonyl (C=O) groups excluding carboxylic acids is 2. The molecular weight excluding hydrogens is 374 g/mol. The molecule has 2 aromatic rings. The van der Waals surface area contributed by atoms with Crippen LogP contribution < -0.4 is 0 Å². The van der Waals surface area contributed by atoms with Gasteiger partial charge >= 0.3 is 6.03 Å². The largest absolute Gasteiger partial charge is 0.342 e. The number of amides is 3. The van der Waals surface area contributed by atoms with E-state index in [2.05, 4.69) is 45.0 Å². The molecule has 2 atom stereocenters. The zero-order valence-electron chi connectivity index (χ0n) is 18.3. The Hall–Kier alpha value is -2.82. The zero-order chi connectivity index (χ0) is 21.5. The first kappa shape index (κ1) is 20.5. The lowest BCUT2D eigenvalue weighted by Crippen LogP contribution is -2.60. The van der Waals surface area contributed by atoms with Gasteiger partial charge in [-0.1, -0.05) is 75.4 Å². The molecule has 0 N–H and O–H groups in total. The van der Waals surface area contributed by atoms with E-state index in [1.807, 2.05) is 47.2 Å². The average Bonchev–Trinajstić information content (AvgIpc) is 3.01. The number of nitrogens with zero attached hydrogens (tertiary/aromatic N) is 3. The normalized spacial score (nSPS) is 21.9. The molecule has 2 saturated heterocycles. The number of likely N-dealkylation sites (N-methyl/N-ethyl adjacent to an activating group) is 1. The van der Waals surface area contributed by atoms with E-state index in [0.29, 0.717) is 26.1 Å². The van der Waals surface area contributed by atoms with Gasteiger partial charge in [0.15, 0.2) is 0 Å². The van der Waals surface area contributed by atoms with Crippen LogP contribution in [0.1, 0.15) is 37.5 Å². The zero-order valence-corrected chi connectivity index (χ0v) is 18.3. The number of piperazine rings is 1. The fourth-order valence-electron chi connectivity index (χ4n) is 4.54. The third-order valence-electron chi connectivity index (χ3n) is 6.26. The van der Waals surface area contributed by atoms with Crippen molar-refractivity contribution in [2.75, 3.05) is 20.1 Å². The van der Waals surface area contributed by atoms with Crippen LogP contribution in [0.3, 0.4) is 0 Å². The van der Waals surface area contributed by atoms with Gasteiger partial charge in [-0.05, 0) is 22.1 Å². The van der Waals surface area contributed by atoms with Gasteiger partial charge in [0.05, 0.1) is 6.04 Å². The average molecular weight is 406 g/mol. The van der Waals surface area contributed by atoms with Crippen LogP contribution in [-0.4, -0.2) is 58.9 Å². The van der Waals surface area contributed by atoms with Crippen LogP contribution in [0, 0.1) is 0 Å². The Balaban J connectivity index is 1.52. The van der Waals surface area contributed by atoms with Crippen molar-refractivity contribution in [1.82, 2.24) is 14.7 Å². The van der Waals surface area contributed by atoms with Crippen LogP contribution in [0.2, 0.25) is 0 Å². The smallest absolute Gasteiger partial charge is 0.321 e. The topological polar surface area (TPSA) is 43.9 Å². The summed E-state index contributed by atoms with van der Waals surface area (Å²) in [5.74, 6) is 0.0276. The van der Waals surface area contributed by atoms with Crippen molar-refractivity contribution >= 4 is 11.9 Å². The number of rotatable bonds is 4. The summed E-state index contributed by atoms with van der Waals surface area (Å²) in [6.45, 7) is 8.42. The molecule has 0 bridgehead atoms. The Kier molecular flexibility index (Phi) is 5.31. The number of benzene rings is 2. The third-order valence-corrected chi connectivity index (χ3v) is 6.26. The number of urea groups is 1. The Morgan fingerprint density at radius 2 is 1.57 bits per heavy atom. The first-order valence-electron chi connectivity index (χ1n) is 10.7. The van der Waals surface area contributed by atoms with Crippen molar-refractivity contribution in [2.24, 2.45) is 0 Å². The Labute approximate surface area is 179 Å². The van der Waals surface area contributed by atoms with E-state index >= 15 is 0 Å². The number of hydrogen-bond donors (Lipinski definition) is 0. The molecule has 0 spiro atoms. The second kappa shape index (κ2) is 7.78. The summed E-state index contributed by atoms with van der Waals surface area (Å²) in [5, 5.41) is 0. The van der Waals surface area contributed by atoms with Gasteiger partial charge < -0.3 is 14.7 Å². The predicted molar refractivity (Wildman–Crippen MR) is 118 cm³/mol. The minimum atomic E-state index is -0.433. The van der Waals surface area contributed by atoms with E-state index in [9.17, 15) is 9.59 Å². The van der Waals surface area contributed by atoms with Crippen LogP contribution >= 0.6 is 0 Å². The van der Waals surface area contributed by atoms with Gasteiger partial charge in [-0.2, -0.15) is 0 Å². The van der Waals surface area contributed by atoms with Crippen molar-refractivity contribution < 1.29 is 9.59 Å². The van der Waals surface area contributed by atoms with E-state index in [-0.39, 0.29) is 23.4 Å². The van der Waals surface area contributed by atoms with Gasteiger partial charge in [-0.15, -0.1) is 0 Å². The van der Waals surface area contributed by atoms with Gasteiger partial charge in [0.25, 0.3) is 0 Å². The third kappa shape index (κ3) is 3.93. The highest BCUT2D eigenvalue weighted by Crippen LogP contribution is 2.29. The van der Waals surface area contributed by atoms with Gasteiger partial charge in [0, 0.05) is 33.1 Å². The molecule has 0 saturated carbocycles. The van der Waals surface area contributed by atoms with Crippen molar-refractivity contribution in [1.29, 1.82) is 0 Å². The number of fused-ring (bicyclic) bond motifs is 1. The first-order chi connectivity index (χ1) is 14.2. The summed E-state index contributed by atoms with van der Waals surface area (Å²) in [7, 11) is 1.84. The SMILES string of the molecule is CN1C[C@@H]2CN(Cc3ccc(C(C)(C)C)cc3)C(=O)N2[C@@H](Cc2ccccc2)C1=O. The van der Waals surface area contributed by atoms with Crippen molar-refractivity contribution in [3.8, 4) is 0 Å². The van der Waals surface area contributed by atoms with Crippen LogP contribution in [0.15, 0.2) is 54.6 Å². The van der Waals surface area contributed by atoms with Crippen molar-refractivity contribution in [3.63, 3.8) is 0 Å². The van der Waals surface area contributed by atoms with Gasteiger partial charge in [0.1, 0.15) is 6.04 Å². The molecule has 5 nitrogen and oxygen atoms in total. The molecule has 2 aromatic carbocycles. The summed E-state index contributed by atoms with van der Waals surface area (Å²) in [6, 6.07) is 18.1. The molecule has 5 heteroatoms. The second-order valence-corrected chi connectivity index (χ2v) is 9.60. The maximum absolute atomic E-state index is 13.3. The summed E-state index contributed by atoms with van der Waals surface area (Å²) >= 11 is 0. The monoisotopic (exact) mass is 405 g/mol. The summed E-state index contributed by atoms with van der Waals surface area (Å²) in [6.07, 6.45) is 0.556. The second-order valence-electron chi connectivity index (χ2n) is 9.60. The highest BCUT2D eigenvalue weighted by atomic mass is 16.2. The van der Waals surface area contributed by atoms with Gasteiger partial charge in [0.2, 0.25) is 5.91 Å². The molecule has 2 heterocycles. The van der Waals surface area contributed by atoms with E-state index in [1.165, 1.54) is 5.56 Å². The fraction of sp³-hybridized carbons (Fsp3) is 0.440. The lowest BCUT2D eigenvalue weighted by atomic mass is 9.87. The van der Waals surface area contributed by atoms with E-state index in [0.717, 1.165) is 11.1 Å². The maximum Gasteiger partial charge on any atom is 0.321 e. The van der Waals surface area contributed by atoms with Gasteiger partial charge in [-0.3, -0.25) is 4.79 Å². The van der Waals surface area contributed by atoms with E-state index in [4.69, 9.17) is 0 Å². The highest BCUT2D eigenvalue weighted by Gasteiger charge is 2.48. The molecule has 2 aliphatic heterocycles. The molecular formula is C25H31N3O2. The maximum atomic E-state index is 13.3. The number of carbonyl (C=O) groups is 2. The molecule has 30 heavy (non-hydrogen) atoms. The minimum Gasteiger partial charge on any atom is -0.342 e. The predicted octanol–water partition coefficient (Wildman–Crippen LogP) is 3.67. The Bertz CT molecular complexity index is 918. The standard InChI is InChI=1S/C25H31N3O2/c1-25(2,3)20-12-10-19(11-13-20)15-27-17-21-16-26(4)23(29)22(28(21)24(27)30)14-18-8-6-5-7-9-18/h5-13,21-22H,14-17H2,1-4H3/t21-,22+/m1/s1. The van der Waals surface area contributed by atoms with E-state index in [1.54, 1.807) is 4.90 Å². The first-order valence-corrected chi connectivity index (χ1v) is 10.7. The minimum absolute atomic E-state index is 0.0257. The molecule has 0 radical (unpaired) electrons. The van der Waals surface area contributed by atoms with Crippen LogP contribution in [0.25, 0.3) is 0 Å². The molecule has 4 rings (SSSR count). The lowest BCUT2D eigenvalue weighted by Gasteiger charge is -2.40. The summed E-state index contributed by atoms with van der Waals surface area (Å²) in [5.41, 5.74) is 3.59. The fourth-order valence-corrected chi connectivity index (χ4v) is 4.54. The summed E-state index contributed by atoms with van der Waals surface area (Å²) in [4.78, 5) is 31.7. The van der Waals surface area contributed by atoms with E-state index < -0.39 is 6.04 Å². The van der Waals surface area contributed by atoms with Crippen molar-refractivity contribution in [3.05, 3.63) is 71.3 Å². The summed E-state index contributed by atoms with van der Waals surface area (Å²) < 4.78 is 0. The van der Waals surface area contributed by atoms with Gasteiger partial charge in [-0.25, -0.2) is 4.79 Å². The molecule has 0 aliphatic carbocycles. The Morgan fingerprint density at radius 1 is 0.900 bits per heavy atom.